The Morgan fingerprint density at radius 2 is 1.96 bits per heavy atom. The number of carbonyl (C=O) groups excluding carboxylic acids is 2. The number of fused-ring (bicyclic) bond motifs is 1. The summed E-state index contributed by atoms with van der Waals surface area (Å²) >= 11 is 1.21. The largest absolute Gasteiger partial charge is 0.458 e. The lowest BCUT2D eigenvalue weighted by molar-refractivity contribution is -0.131. The average Bonchev–Trinajstić information content (AvgIpc) is 2.85. The molecule has 0 unspecified atom stereocenters. The predicted molar refractivity (Wildman–Crippen MR) is 88.0 cm³/mol. The molecule has 1 saturated carbocycles. The van der Waals surface area contributed by atoms with Crippen LogP contribution in [-0.2, 0) is 9.53 Å². The van der Waals surface area contributed by atoms with Gasteiger partial charge in [0.25, 0.3) is 0 Å². The van der Waals surface area contributed by atoms with Gasteiger partial charge in [0.2, 0.25) is 0 Å². The molecular formula is C17H19NO4S. The van der Waals surface area contributed by atoms with Crippen LogP contribution in [-0.4, -0.2) is 23.0 Å². The molecule has 2 aromatic heterocycles. The second-order valence-electron chi connectivity index (χ2n) is 5.82. The molecule has 0 spiro atoms. The summed E-state index contributed by atoms with van der Waals surface area (Å²) in [7, 11) is 0. The van der Waals surface area contributed by atoms with Crippen molar-refractivity contribution in [1.29, 1.82) is 0 Å². The van der Waals surface area contributed by atoms with Crippen LogP contribution in [0.2, 0.25) is 0 Å². The zero-order chi connectivity index (χ0) is 16.4. The maximum Gasteiger partial charge on any atom is 0.352 e. The first-order valence-corrected chi connectivity index (χ1v) is 8.66. The Morgan fingerprint density at radius 1 is 1.22 bits per heavy atom. The van der Waals surface area contributed by atoms with Crippen molar-refractivity contribution in [2.75, 3.05) is 0 Å². The number of pyridine rings is 1. The highest BCUT2D eigenvalue weighted by Gasteiger charge is 2.26. The van der Waals surface area contributed by atoms with E-state index < -0.39 is 11.9 Å². The number of nitrogens with zero attached hydrogens (tertiary/aromatic N) is 1. The van der Waals surface area contributed by atoms with Gasteiger partial charge in [-0.25, -0.2) is 9.78 Å². The maximum atomic E-state index is 12.5. The van der Waals surface area contributed by atoms with Crippen molar-refractivity contribution in [3.63, 3.8) is 0 Å². The van der Waals surface area contributed by atoms with Crippen LogP contribution in [0.3, 0.4) is 0 Å². The molecule has 5 nitrogen and oxygen atoms in total. The van der Waals surface area contributed by atoms with Crippen LogP contribution in [0.15, 0.2) is 12.1 Å². The van der Waals surface area contributed by atoms with Crippen molar-refractivity contribution in [1.82, 2.24) is 4.98 Å². The smallest absolute Gasteiger partial charge is 0.352 e. The van der Waals surface area contributed by atoms with E-state index in [1.807, 2.05) is 19.1 Å². The molecule has 0 bridgehead atoms. The van der Waals surface area contributed by atoms with E-state index in [0.29, 0.717) is 15.1 Å². The molecule has 6 heteroatoms. The van der Waals surface area contributed by atoms with E-state index in [-0.39, 0.29) is 11.9 Å². The predicted octanol–water partition coefficient (Wildman–Crippen LogP) is 4.02. The van der Waals surface area contributed by atoms with Gasteiger partial charge in [0.05, 0.1) is 5.39 Å². The summed E-state index contributed by atoms with van der Waals surface area (Å²) in [6, 6.07) is 3.65. The lowest BCUT2D eigenvalue weighted by atomic mass is 9.98. The van der Waals surface area contributed by atoms with Crippen molar-refractivity contribution in [3.05, 3.63) is 22.7 Å². The highest BCUT2D eigenvalue weighted by molar-refractivity contribution is 7.20. The summed E-state index contributed by atoms with van der Waals surface area (Å²) < 4.78 is 10.9. The lowest BCUT2D eigenvalue weighted by Gasteiger charge is -2.21. The summed E-state index contributed by atoms with van der Waals surface area (Å²) in [4.78, 5) is 29.3. The molecule has 23 heavy (non-hydrogen) atoms. The number of aryl methyl sites for hydroxylation is 1. The fourth-order valence-electron chi connectivity index (χ4n) is 2.82. The number of thiophene rings is 1. The molecule has 1 aliphatic carbocycles. The zero-order valence-corrected chi connectivity index (χ0v) is 14.1. The van der Waals surface area contributed by atoms with Crippen LogP contribution in [0.1, 0.15) is 54.4 Å². The number of hydrogen-bond acceptors (Lipinski definition) is 6. The van der Waals surface area contributed by atoms with Gasteiger partial charge >= 0.3 is 11.9 Å². The Hall–Kier alpha value is -1.95. The van der Waals surface area contributed by atoms with E-state index in [0.717, 1.165) is 31.4 Å². The molecule has 0 N–H and O–H groups in total. The van der Waals surface area contributed by atoms with E-state index in [4.69, 9.17) is 9.47 Å². The van der Waals surface area contributed by atoms with Gasteiger partial charge < -0.3 is 9.47 Å². The van der Waals surface area contributed by atoms with Gasteiger partial charge in [-0.3, -0.25) is 4.79 Å². The highest BCUT2D eigenvalue weighted by atomic mass is 32.1. The standard InChI is InChI=1S/C17H19NO4S/c1-10-8-9-13-14(21-11(2)19)15(23-16(13)18-10)17(20)22-12-6-4-3-5-7-12/h8-9,12H,3-7H2,1-2H3. The van der Waals surface area contributed by atoms with E-state index in [9.17, 15) is 9.59 Å². The molecule has 2 aromatic rings. The average molecular weight is 333 g/mol. The molecule has 0 amide bonds. The van der Waals surface area contributed by atoms with Crippen molar-refractivity contribution < 1.29 is 19.1 Å². The van der Waals surface area contributed by atoms with Crippen LogP contribution in [0.4, 0.5) is 0 Å². The Labute approximate surface area is 138 Å². The summed E-state index contributed by atoms with van der Waals surface area (Å²) in [5, 5.41) is 0.673. The Kier molecular flexibility index (Phi) is 4.61. The van der Waals surface area contributed by atoms with Crippen LogP contribution >= 0.6 is 11.3 Å². The summed E-state index contributed by atoms with van der Waals surface area (Å²) in [6.45, 7) is 3.20. The van der Waals surface area contributed by atoms with Crippen LogP contribution in [0, 0.1) is 6.92 Å². The minimum atomic E-state index is -0.461. The van der Waals surface area contributed by atoms with E-state index in [1.54, 1.807) is 0 Å². The second kappa shape index (κ2) is 6.66. The fourth-order valence-corrected chi connectivity index (χ4v) is 3.85. The van der Waals surface area contributed by atoms with Gasteiger partial charge in [-0.05, 0) is 44.7 Å². The molecule has 1 fully saturated rings. The first-order chi connectivity index (χ1) is 11.0. The monoisotopic (exact) mass is 333 g/mol. The Balaban J connectivity index is 1.94. The van der Waals surface area contributed by atoms with Gasteiger partial charge in [-0.2, -0.15) is 0 Å². The van der Waals surface area contributed by atoms with Crippen LogP contribution in [0.25, 0.3) is 10.2 Å². The molecule has 0 aliphatic heterocycles. The van der Waals surface area contributed by atoms with Crippen molar-refractivity contribution in [3.8, 4) is 5.75 Å². The first kappa shape index (κ1) is 15.9. The van der Waals surface area contributed by atoms with Gasteiger partial charge in [-0.1, -0.05) is 6.42 Å². The number of rotatable bonds is 3. The highest BCUT2D eigenvalue weighted by Crippen LogP contribution is 2.38. The second-order valence-corrected chi connectivity index (χ2v) is 6.82. The third-order valence-corrected chi connectivity index (χ3v) is 4.97. The number of carbonyl (C=O) groups is 2. The van der Waals surface area contributed by atoms with E-state index in [1.165, 1.54) is 24.7 Å². The lowest BCUT2D eigenvalue weighted by Crippen LogP contribution is -2.20. The molecule has 2 heterocycles. The molecule has 0 saturated heterocycles. The minimum Gasteiger partial charge on any atom is -0.458 e. The summed E-state index contributed by atoms with van der Waals surface area (Å²) in [6.07, 6.45) is 5.12. The van der Waals surface area contributed by atoms with Gasteiger partial charge in [0, 0.05) is 12.6 Å². The van der Waals surface area contributed by atoms with Gasteiger partial charge in [0.15, 0.2) is 10.6 Å². The minimum absolute atomic E-state index is 0.0404. The van der Waals surface area contributed by atoms with Gasteiger partial charge in [0.1, 0.15) is 10.9 Å². The van der Waals surface area contributed by atoms with Crippen molar-refractivity contribution in [2.24, 2.45) is 0 Å². The zero-order valence-electron chi connectivity index (χ0n) is 13.3. The van der Waals surface area contributed by atoms with Crippen molar-refractivity contribution >= 4 is 33.5 Å². The SMILES string of the molecule is CC(=O)Oc1c(C(=O)OC2CCCCC2)sc2nc(C)ccc12. The van der Waals surface area contributed by atoms with Gasteiger partial charge in [-0.15, -0.1) is 11.3 Å². The van der Waals surface area contributed by atoms with Crippen LogP contribution < -0.4 is 4.74 Å². The molecular weight excluding hydrogens is 314 g/mol. The third-order valence-electron chi connectivity index (χ3n) is 3.91. The summed E-state index contributed by atoms with van der Waals surface area (Å²) in [5.74, 6) is -0.614. The molecule has 3 rings (SSSR count). The first-order valence-electron chi connectivity index (χ1n) is 7.84. The number of esters is 2. The Bertz CT molecular complexity index is 746. The van der Waals surface area contributed by atoms with Crippen molar-refractivity contribution in [2.45, 2.75) is 52.1 Å². The van der Waals surface area contributed by atoms with Crippen LogP contribution in [0.5, 0.6) is 5.75 Å². The molecule has 0 radical (unpaired) electrons. The molecule has 0 aromatic carbocycles. The third kappa shape index (κ3) is 3.52. The maximum absolute atomic E-state index is 12.5. The number of aromatic nitrogens is 1. The topological polar surface area (TPSA) is 65.5 Å². The quantitative estimate of drug-likeness (QED) is 0.794. The Morgan fingerprint density at radius 3 is 2.65 bits per heavy atom. The molecule has 122 valence electrons. The number of ether oxygens (including phenoxy) is 2. The summed E-state index contributed by atoms with van der Waals surface area (Å²) in [5.41, 5.74) is 0.848. The molecule has 1 aliphatic rings. The number of hydrogen-bond donors (Lipinski definition) is 0. The molecule has 0 atom stereocenters. The fraction of sp³-hybridized carbons (Fsp3) is 0.471. The van der Waals surface area contributed by atoms with E-state index >= 15 is 0 Å². The van der Waals surface area contributed by atoms with E-state index in [2.05, 4.69) is 4.98 Å². The normalized spacial score (nSPS) is 15.6.